The molecule has 5 nitrogen and oxygen atoms in total. The number of aromatic nitrogens is 1. The minimum Gasteiger partial charge on any atom is -0.481 e. The minimum atomic E-state index is -0.965. The van der Waals surface area contributed by atoms with Crippen LogP contribution >= 0.6 is 15.9 Å². The number of carboxylic acid groups (broad SMARTS) is 1. The van der Waals surface area contributed by atoms with Crippen LogP contribution < -0.4 is 5.32 Å². The van der Waals surface area contributed by atoms with Crippen molar-refractivity contribution < 1.29 is 14.7 Å². The summed E-state index contributed by atoms with van der Waals surface area (Å²) < 4.78 is 0.566. The molecule has 0 atom stereocenters. The molecule has 0 radical (unpaired) electrons. The number of nitrogens with one attached hydrogen (secondary N) is 1. The Hall–Kier alpha value is -1.43. The van der Waals surface area contributed by atoms with Gasteiger partial charge in [0.15, 0.2) is 0 Å². The number of anilines is 1. The molecule has 98 valence electrons. The topological polar surface area (TPSA) is 79.3 Å². The standard InChI is InChI=1S/C12H15BrN2O3/c1-12(2,3)11(18)15-9-6-14-5-8(13)7(9)4-10(16)17/h5-6H,4H2,1-3H3,(H,15,18)(H,16,17). The number of amides is 1. The van der Waals surface area contributed by atoms with E-state index in [2.05, 4.69) is 26.2 Å². The second-order valence-corrected chi connectivity index (χ2v) is 5.78. The number of halogens is 1. The van der Waals surface area contributed by atoms with Gasteiger partial charge in [0.05, 0.1) is 18.3 Å². The smallest absolute Gasteiger partial charge is 0.307 e. The van der Waals surface area contributed by atoms with Crippen molar-refractivity contribution in [1.82, 2.24) is 4.98 Å². The molecule has 1 amide bonds. The van der Waals surface area contributed by atoms with Crippen molar-refractivity contribution in [2.45, 2.75) is 27.2 Å². The number of hydrogen-bond donors (Lipinski definition) is 2. The molecule has 0 unspecified atom stereocenters. The zero-order chi connectivity index (χ0) is 13.9. The fraction of sp³-hybridized carbons (Fsp3) is 0.417. The first-order chi connectivity index (χ1) is 8.21. The van der Waals surface area contributed by atoms with E-state index in [4.69, 9.17) is 5.11 Å². The predicted molar refractivity (Wildman–Crippen MR) is 71.4 cm³/mol. The Kier molecular flexibility index (Phi) is 4.45. The van der Waals surface area contributed by atoms with E-state index >= 15 is 0 Å². The number of carbonyl (C=O) groups is 2. The third kappa shape index (κ3) is 3.80. The van der Waals surface area contributed by atoms with Crippen molar-refractivity contribution in [1.29, 1.82) is 0 Å². The SMILES string of the molecule is CC(C)(C)C(=O)Nc1cncc(Br)c1CC(=O)O. The van der Waals surface area contributed by atoms with Gasteiger partial charge in [0.2, 0.25) is 5.91 Å². The predicted octanol–water partition coefficient (Wildman–Crippen LogP) is 2.46. The fourth-order valence-corrected chi connectivity index (χ4v) is 1.68. The maximum Gasteiger partial charge on any atom is 0.307 e. The molecule has 0 aliphatic heterocycles. The zero-order valence-corrected chi connectivity index (χ0v) is 12.0. The Morgan fingerprint density at radius 2 is 2.00 bits per heavy atom. The van der Waals surface area contributed by atoms with Crippen LogP contribution in [-0.4, -0.2) is 22.0 Å². The molecule has 1 aromatic heterocycles. The van der Waals surface area contributed by atoms with Gasteiger partial charge in [-0.1, -0.05) is 20.8 Å². The monoisotopic (exact) mass is 314 g/mol. The van der Waals surface area contributed by atoms with Crippen LogP contribution in [0.4, 0.5) is 5.69 Å². The highest BCUT2D eigenvalue weighted by Crippen LogP contribution is 2.26. The molecule has 0 fully saturated rings. The van der Waals surface area contributed by atoms with E-state index in [0.717, 1.165) is 0 Å². The fourth-order valence-electron chi connectivity index (χ4n) is 1.21. The maximum atomic E-state index is 11.9. The van der Waals surface area contributed by atoms with Gasteiger partial charge in [0, 0.05) is 21.6 Å². The molecule has 2 N–H and O–H groups in total. The summed E-state index contributed by atoms with van der Waals surface area (Å²) in [5, 5.41) is 11.6. The van der Waals surface area contributed by atoms with Crippen LogP contribution in [0.15, 0.2) is 16.9 Å². The lowest BCUT2D eigenvalue weighted by Crippen LogP contribution is -2.28. The van der Waals surface area contributed by atoms with Gasteiger partial charge < -0.3 is 10.4 Å². The Morgan fingerprint density at radius 3 is 2.50 bits per heavy atom. The summed E-state index contributed by atoms with van der Waals surface area (Å²) in [6.45, 7) is 5.35. The van der Waals surface area contributed by atoms with E-state index in [0.29, 0.717) is 15.7 Å². The molecule has 0 aliphatic rings. The summed E-state index contributed by atoms with van der Waals surface area (Å²) in [4.78, 5) is 26.6. The van der Waals surface area contributed by atoms with Gasteiger partial charge in [0.1, 0.15) is 0 Å². The second kappa shape index (κ2) is 5.48. The molecule has 6 heteroatoms. The largest absolute Gasteiger partial charge is 0.481 e. The Labute approximate surface area is 114 Å². The van der Waals surface area contributed by atoms with E-state index in [1.54, 1.807) is 20.8 Å². The van der Waals surface area contributed by atoms with Gasteiger partial charge >= 0.3 is 5.97 Å². The molecular formula is C12H15BrN2O3. The highest BCUT2D eigenvalue weighted by molar-refractivity contribution is 9.10. The van der Waals surface area contributed by atoms with Crippen molar-refractivity contribution in [3.8, 4) is 0 Å². The summed E-state index contributed by atoms with van der Waals surface area (Å²) in [6.07, 6.45) is 2.78. The van der Waals surface area contributed by atoms with Crippen LogP contribution in [0.1, 0.15) is 26.3 Å². The van der Waals surface area contributed by atoms with Gasteiger partial charge in [-0.25, -0.2) is 0 Å². The maximum absolute atomic E-state index is 11.9. The number of carbonyl (C=O) groups excluding carboxylic acids is 1. The molecule has 0 saturated heterocycles. The lowest BCUT2D eigenvalue weighted by Gasteiger charge is -2.19. The molecule has 1 heterocycles. The van der Waals surface area contributed by atoms with E-state index in [9.17, 15) is 9.59 Å². The summed E-state index contributed by atoms with van der Waals surface area (Å²) in [5.74, 6) is -1.15. The first-order valence-corrected chi connectivity index (χ1v) is 6.16. The van der Waals surface area contributed by atoms with Crippen LogP contribution in [0.25, 0.3) is 0 Å². The number of rotatable bonds is 3. The summed E-state index contributed by atoms with van der Waals surface area (Å²) in [6, 6.07) is 0. The van der Waals surface area contributed by atoms with E-state index < -0.39 is 11.4 Å². The van der Waals surface area contributed by atoms with Crippen LogP contribution in [0, 0.1) is 5.41 Å². The van der Waals surface area contributed by atoms with Crippen molar-refractivity contribution in [3.05, 3.63) is 22.4 Å². The summed E-state index contributed by atoms with van der Waals surface area (Å²) in [7, 11) is 0. The lowest BCUT2D eigenvalue weighted by molar-refractivity contribution is -0.136. The Morgan fingerprint density at radius 1 is 1.39 bits per heavy atom. The van der Waals surface area contributed by atoms with Gasteiger partial charge in [-0.15, -0.1) is 0 Å². The number of hydrogen-bond acceptors (Lipinski definition) is 3. The molecular weight excluding hydrogens is 300 g/mol. The van der Waals surface area contributed by atoms with Crippen molar-refractivity contribution >= 4 is 33.5 Å². The second-order valence-electron chi connectivity index (χ2n) is 4.92. The van der Waals surface area contributed by atoms with Crippen molar-refractivity contribution in [2.24, 2.45) is 5.41 Å². The molecule has 1 rings (SSSR count). The van der Waals surface area contributed by atoms with Crippen LogP contribution in [-0.2, 0) is 16.0 Å². The van der Waals surface area contributed by atoms with E-state index in [1.807, 2.05) is 0 Å². The number of aliphatic carboxylic acids is 1. The molecule has 1 aromatic rings. The van der Waals surface area contributed by atoms with Gasteiger partial charge in [-0.05, 0) is 15.9 Å². The van der Waals surface area contributed by atoms with Crippen molar-refractivity contribution in [2.75, 3.05) is 5.32 Å². The van der Waals surface area contributed by atoms with Crippen LogP contribution in [0.5, 0.6) is 0 Å². The first kappa shape index (κ1) is 14.6. The molecule has 18 heavy (non-hydrogen) atoms. The number of carboxylic acids is 1. The lowest BCUT2D eigenvalue weighted by atomic mass is 9.95. The van der Waals surface area contributed by atoms with Gasteiger partial charge in [0.25, 0.3) is 0 Å². The Bertz CT molecular complexity index is 481. The number of pyridine rings is 1. The first-order valence-electron chi connectivity index (χ1n) is 5.37. The third-order valence-electron chi connectivity index (χ3n) is 2.26. The quantitative estimate of drug-likeness (QED) is 0.898. The normalized spacial score (nSPS) is 11.1. The van der Waals surface area contributed by atoms with Crippen molar-refractivity contribution in [3.63, 3.8) is 0 Å². The zero-order valence-electron chi connectivity index (χ0n) is 10.5. The minimum absolute atomic E-state index is 0.178. The highest BCUT2D eigenvalue weighted by atomic mass is 79.9. The molecule has 0 saturated carbocycles. The van der Waals surface area contributed by atoms with Crippen LogP contribution in [0.3, 0.4) is 0 Å². The average molecular weight is 315 g/mol. The number of nitrogens with zero attached hydrogens (tertiary/aromatic N) is 1. The molecule has 0 bridgehead atoms. The van der Waals surface area contributed by atoms with Gasteiger partial charge in [-0.2, -0.15) is 0 Å². The summed E-state index contributed by atoms with van der Waals surface area (Å²) in [5.41, 5.74) is 0.379. The molecule has 0 spiro atoms. The highest BCUT2D eigenvalue weighted by Gasteiger charge is 2.23. The average Bonchev–Trinajstić information content (AvgIpc) is 2.21. The van der Waals surface area contributed by atoms with Crippen LogP contribution in [0.2, 0.25) is 0 Å². The molecule has 0 aliphatic carbocycles. The third-order valence-corrected chi connectivity index (χ3v) is 2.95. The van der Waals surface area contributed by atoms with E-state index in [-0.39, 0.29) is 12.3 Å². The van der Waals surface area contributed by atoms with E-state index in [1.165, 1.54) is 12.4 Å². The van der Waals surface area contributed by atoms with Gasteiger partial charge in [-0.3, -0.25) is 14.6 Å². The Balaban J connectivity index is 3.05. The molecule has 0 aromatic carbocycles. The summed E-state index contributed by atoms with van der Waals surface area (Å²) >= 11 is 3.24.